The molecular weight excluding hydrogens is 352 g/mol. The van der Waals surface area contributed by atoms with Gasteiger partial charge in [0.05, 0.1) is 24.0 Å². The van der Waals surface area contributed by atoms with Crippen molar-refractivity contribution >= 4 is 11.9 Å². The second-order valence-electron chi connectivity index (χ2n) is 8.09. The Morgan fingerprint density at radius 1 is 0.786 bits per heavy atom. The van der Waals surface area contributed by atoms with Gasteiger partial charge in [0.2, 0.25) is 0 Å². The summed E-state index contributed by atoms with van der Waals surface area (Å²) in [6, 6.07) is 16.4. The number of carbonyl (C=O) groups excluding carboxylic acids is 2. The first-order valence-electron chi connectivity index (χ1n) is 10.1. The van der Waals surface area contributed by atoms with E-state index < -0.39 is 10.8 Å². The van der Waals surface area contributed by atoms with Crippen LogP contribution in [-0.4, -0.2) is 25.2 Å². The molecule has 2 aromatic rings. The van der Waals surface area contributed by atoms with Crippen LogP contribution < -0.4 is 0 Å². The number of hydrogen-bond donors (Lipinski definition) is 0. The number of esters is 2. The quantitative estimate of drug-likeness (QED) is 0.762. The van der Waals surface area contributed by atoms with E-state index in [1.165, 1.54) is 11.1 Å². The van der Waals surface area contributed by atoms with Crippen LogP contribution in [0.15, 0.2) is 48.5 Å². The van der Waals surface area contributed by atoms with Crippen LogP contribution >= 0.6 is 0 Å². The molecule has 3 aliphatic rings. The Hall–Kier alpha value is -2.62. The largest absolute Gasteiger partial charge is 0.466 e. The fourth-order valence-electron chi connectivity index (χ4n) is 6.33. The zero-order chi connectivity index (χ0) is 19.5. The third-order valence-electron chi connectivity index (χ3n) is 7.19. The lowest BCUT2D eigenvalue weighted by Gasteiger charge is -2.61. The van der Waals surface area contributed by atoms with E-state index in [0.29, 0.717) is 26.1 Å². The molecule has 0 bridgehead atoms. The van der Waals surface area contributed by atoms with Crippen molar-refractivity contribution in [1.82, 2.24) is 0 Å². The first-order chi connectivity index (χ1) is 13.6. The summed E-state index contributed by atoms with van der Waals surface area (Å²) in [5.41, 5.74) is 2.88. The molecule has 2 aromatic carbocycles. The molecule has 0 aliphatic heterocycles. The number of carbonyl (C=O) groups is 2. The number of hydrogen-bond acceptors (Lipinski definition) is 4. The molecule has 3 aliphatic carbocycles. The van der Waals surface area contributed by atoms with Crippen molar-refractivity contribution in [2.45, 2.75) is 38.5 Å². The van der Waals surface area contributed by atoms with E-state index in [2.05, 4.69) is 24.3 Å². The van der Waals surface area contributed by atoms with Gasteiger partial charge in [0.15, 0.2) is 0 Å². The van der Waals surface area contributed by atoms with Crippen LogP contribution in [0.1, 0.15) is 47.9 Å². The second kappa shape index (κ2) is 5.94. The summed E-state index contributed by atoms with van der Waals surface area (Å²) in [4.78, 5) is 26.9. The van der Waals surface area contributed by atoms with Crippen LogP contribution in [-0.2, 0) is 31.9 Å². The fraction of sp³-hybridized carbons (Fsp3) is 0.417. The molecule has 0 radical (unpaired) electrons. The van der Waals surface area contributed by atoms with Crippen molar-refractivity contribution in [2.24, 2.45) is 10.8 Å². The zero-order valence-electron chi connectivity index (χ0n) is 16.2. The summed E-state index contributed by atoms with van der Waals surface area (Å²) in [6.07, 6.45) is 1.08. The summed E-state index contributed by atoms with van der Waals surface area (Å²) in [5, 5.41) is 0. The van der Waals surface area contributed by atoms with Gasteiger partial charge in [-0.3, -0.25) is 9.59 Å². The number of fused-ring (bicyclic) bond motifs is 8. The summed E-state index contributed by atoms with van der Waals surface area (Å²) in [5.74, 6) is -0.603. The summed E-state index contributed by atoms with van der Waals surface area (Å²) in [6.45, 7) is 4.25. The Morgan fingerprint density at radius 2 is 1.18 bits per heavy atom. The van der Waals surface area contributed by atoms with E-state index in [9.17, 15) is 9.59 Å². The van der Waals surface area contributed by atoms with Crippen LogP contribution in [0.4, 0.5) is 0 Å². The average molecular weight is 376 g/mol. The van der Waals surface area contributed by atoms with Crippen LogP contribution in [0.3, 0.4) is 0 Å². The summed E-state index contributed by atoms with van der Waals surface area (Å²) >= 11 is 0. The van der Waals surface area contributed by atoms with Gasteiger partial charge in [0.1, 0.15) is 0 Å². The monoisotopic (exact) mass is 376 g/mol. The third-order valence-corrected chi connectivity index (χ3v) is 7.19. The Kier molecular flexibility index (Phi) is 3.71. The van der Waals surface area contributed by atoms with Crippen molar-refractivity contribution in [2.75, 3.05) is 13.2 Å². The molecule has 1 saturated carbocycles. The molecule has 0 spiro atoms. The number of benzene rings is 2. The predicted octanol–water partition coefficient (Wildman–Crippen LogP) is 3.78. The average Bonchev–Trinajstić information content (AvgIpc) is 3.16. The van der Waals surface area contributed by atoms with E-state index in [1.54, 1.807) is 0 Å². The van der Waals surface area contributed by atoms with Crippen LogP contribution in [0.5, 0.6) is 0 Å². The third kappa shape index (κ3) is 1.81. The molecule has 1 fully saturated rings. The van der Waals surface area contributed by atoms with Crippen LogP contribution in [0.2, 0.25) is 0 Å². The number of ether oxygens (including phenoxy) is 2. The molecule has 2 unspecified atom stereocenters. The molecule has 4 atom stereocenters. The normalized spacial score (nSPS) is 31.1. The highest BCUT2D eigenvalue weighted by molar-refractivity contribution is 5.97. The van der Waals surface area contributed by atoms with Gasteiger partial charge in [-0.25, -0.2) is 0 Å². The van der Waals surface area contributed by atoms with Gasteiger partial charge in [0, 0.05) is 11.8 Å². The molecule has 0 N–H and O–H groups in total. The Morgan fingerprint density at radius 3 is 1.57 bits per heavy atom. The van der Waals surface area contributed by atoms with Gasteiger partial charge >= 0.3 is 11.9 Å². The van der Waals surface area contributed by atoms with Gasteiger partial charge in [0.25, 0.3) is 0 Å². The second-order valence-corrected chi connectivity index (χ2v) is 8.09. The van der Waals surface area contributed by atoms with E-state index in [4.69, 9.17) is 9.47 Å². The summed E-state index contributed by atoms with van der Waals surface area (Å²) < 4.78 is 11.2. The van der Waals surface area contributed by atoms with Crippen LogP contribution in [0, 0.1) is 10.8 Å². The topological polar surface area (TPSA) is 52.6 Å². The molecule has 28 heavy (non-hydrogen) atoms. The minimum absolute atomic E-state index is 0.0455. The van der Waals surface area contributed by atoms with Crippen molar-refractivity contribution < 1.29 is 19.1 Å². The van der Waals surface area contributed by atoms with Gasteiger partial charge in [-0.1, -0.05) is 48.5 Å². The van der Waals surface area contributed by atoms with E-state index >= 15 is 0 Å². The Balaban J connectivity index is 1.76. The smallest absolute Gasteiger partial charge is 0.314 e. The summed E-state index contributed by atoms with van der Waals surface area (Å²) in [7, 11) is 0. The highest BCUT2D eigenvalue weighted by Gasteiger charge is 2.83. The maximum Gasteiger partial charge on any atom is 0.314 e. The lowest BCUT2D eigenvalue weighted by molar-refractivity contribution is -0.207. The highest BCUT2D eigenvalue weighted by atomic mass is 16.5. The van der Waals surface area contributed by atoms with Crippen molar-refractivity contribution in [3.05, 3.63) is 70.8 Å². The van der Waals surface area contributed by atoms with Crippen molar-refractivity contribution in [3.8, 4) is 0 Å². The van der Waals surface area contributed by atoms with Crippen molar-refractivity contribution in [3.63, 3.8) is 0 Å². The maximum atomic E-state index is 13.5. The molecule has 144 valence electrons. The van der Waals surface area contributed by atoms with Gasteiger partial charge in [-0.05, 0) is 48.9 Å². The standard InChI is InChI=1S/C24H24O4/c1-3-27-21(25)23-13-15-9-5-7-11-17(15)19(23)20-18-12-8-6-10-16(18)14-24(20,23)22(26)28-4-2/h5-12,19-20H,3-4,13-14H2,1-2H3/t19?,20?,23-,24+. The molecule has 0 heterocycles. The van der Waals surface area contributed by atoms with E-state index in [0.717, 1.165) is 11.1 Å². The SMILES string of the molecule is CCOC(=O)[C@@]12Cc3ccccc3C1C1c3ccccc3C[C@@]12C(=O)OCC. The number of rotatable bonds is 4. The zero-order valence-corrected chi connectivity index (χ0v) is 16.2. The van der Waals surface area contributed by atoms with Gasteiger partial charge < -0.3 is 9.47 Å². The van der Waals surface area contributed by atoms with Gasteiger partial charge in [-0.15, -0.1) is 0 Å². The lowest BCUT2D eigenvalue weighted by atomic mass is 9.38. The molecule has 4 nitrogen and oxygen atoms in total. The Bertz CT molecular complexity index is 901. The van der Waals surface area contributed by atoms with E-state index in [1.807, 2.05) is 38.1 Å². The minimum atomic E-state index is -0.886. The van der Waals surface area contributed by atoms with E-state index in [-0.39, 0.29) is 23.8 Å². The van der Waals surface area contributed by atoms with Gasteiger partial charge in [-0.2, -0.15) is 0 Å². The first kappa shape index (κ1) is 17.5. The fourth-order valence-corrected chi connectivity index (χ4v) is 6.33. The Labute approximate surface area is 164 Å². The molecule has 4 heteroatoms. The highest BCUT2D eigenvalue weighted by Crippen LogP contribution is 2.80. The lowest BCUT2D eigenvalue weighted by Crippen LogP contribution is -2.68. The molecular formula is C24H24O4. The first-order valence-corrected chi connectivity index (χ1v) is 10.1. The van der Waals surface area contributed by atoms with Crippen LogP contribution in [0.25, 0.3) is 0 Å². The maximum absolute atomic E-state index is 13.5. The van der Waals surface area contributed by atoms with Crippen molar-refractivity contribution in [1.29, 1.82) is 0 Å². The predicted molar refractivity (Wildman–Crippen MR) is 104 cm³/mol. The molecule has 5 rings (SSSR count). The molecule has 0 amide bonds. The molecule has 0 saturated heterocycles. The minimum Gasteiger partial charge on any atom is -0.466 e. The molecule has 0 aromatic heterocycles.